The summed E-state index contributed by atoms with van der Waals surface area (Å²) in [7, 11) is 1.66. The number of methoxy groups -OCH3 is 1. The monoisotopic (exact) mass is 162 g/mol. The molecule has 0 radical (unpaired) electrons. The standard InChI is InChI=1S/C9H10N2O/c1-6-3-7-9(11-5-10-7)8(4-6)12-2/h3-5H,1-2H3,(H,10,11). The lowest BCUT2D eigenvalue weighted by Gasteiger charge is -2.01. The van der Waals surface area contributed by atoms with Gasteiger partial charge in [0.05, 0.1) is 19.0 Å². The lowest BCUT2D eigenvalue weighted by atomic mass is 10.2. The molecule has 62 valence electrons. The molecule has 0 saturated carbocycles. The second kappa shape index (κ2) is 2.52. The highest BCUT2D eigenvalue weighted by molar-refractivity contribution is 5.82. The van der Waals surface area contributed by atoms with Crippen LogP contribution in [0.3, 0.4) is 0 Å². The number of aryl methyl sites for hydroxylation is 1. The number of hydrogen-bond acceptors (Lipinski definition) is 2. The van der Waals surface area contributed by atoms with Crippen LogP contribution in [-0.2, 0) is 0 Å². The van der Waals surface area contributed by atoms with Gasteiger partial charge < -0.3 is 9.72 Å². The van der Waals surface area contributed by atoms with Gasteiger partial charge in [0.15, 0.2) is 0 Å². The van der Waals surface area contributed by atoms with Gasteiger partial charge in [-0.25, -0.2) is 4.98 Å². The minimum absolute atomic E-state index is 0.825. The minimum Gasteiger partial charge on any atom is -0.494 e. The molecule has 0 spiro atoms. The molecule has 3 nitrogen and oxygen atoms in total. The molecular weight excluding hydrogens is 152 g/mol. The van der Waals surface area contributed by atoms with Crippen LogP contribution in [0.2, 0.25) is 0 Å². The molecule has 3 heteroatoms. The van der Waals surface area contributed by atoms with Gasteiger partial charge in [0.25, 0.3) is 0 Å². The van der Waals surface area contributed by atoms with E-state index in [9.17, 15) is 0 Å². The van der Waals surface area contributed by atoms with Gasteiger partial charge in [-0.2, -0.15) is 0 Å². The summed E-state index contributed by atoms with van der Waals surface area (Å²) >= 11 is 0. The van der Waals surface area contributed by atoms with Crippen LogP contribution in [-0.4, -0.2) is 17.1 Å². The maximum Gasteiger partial charge on any atom is 0.146 e. The molecule has 0 bridgehead atoms. The number of aromatic amines is 1. The van der Waals surface area contributed by atoms with Crippen molar-refractivity contribution in [2.24, 2.45) is 0 Å². The molecule has 0 amide bonds. The van der Waals surface area contributed by atoms with E-state index >= 15 is 0 Å². The number of nitrogens with zero attached hydrogens (tertiary/aromatic N) is 1. The normalized spacial score (nSPS) is 10.5. The van der Waals surface area contributed by atoms with Gasteiger partial charge in [-0.1, -0.05) is 0 Å². The maximum absolute atomic E-state index is 5.18. The van der Waals surface area contributed by atoms with Gasteiger partial charge in [0, 0.05) is 0 Å². The molecule has 2 aromatic rings. The van der Waals surface area contributed by atoms with E-state index in [0.29, 0.717) is 0 Å². The topological polar surface area (TPSA) is 37.9 Å². The quantitative estimate of drug-likeness (QED) is 0.695. The van der Waals surface area contributed by atoms with Crippen molar-refractivity contribution in [1.82, 2.24) is 9.97 Å². The Morgan fingerprint density at radius 1 is 1.42 bits per heavy atom. The predicted octanol–water partition coefficient (Wildman–Crippen LogP) is 1.88. The van der Waals surface area contributed by atoms with E-state index in [-0.39, 0.29) is 0 Å². The summed E-state index contributed by atoms with van der Waals surface area (Å²) in [5, 5.41) is 0. The van der Waals surface area contributed by atoms with E-state index in [0.717, 1.165) is 16.8 Å². The van der Waals surface area contributed by atoms with Crippen LogP contribution in [0.1, 0.15) is 5.56 Å². The third-order valence-electron chi connectivity index (χ3n) is 1.85. The largest absolute Gasteiger partial charge is 0.494 e. The Hall–Kier alpha value is -1.51. The lowest BCUT2D eigenvalue weighted by Crippen LogP contribution is -1.85. The fraction of sp³-hybridized carbons (Fsp3) is 0.222. The first-order valence-electron chi connectivity index (χ1n) is 3.79. The lowest BCUT2D eigenvalue weighted by molar-refractivity contribution is 0.418. The van der Waals surface area contributed by atoms with Gasteiger partial charge in [0.2, 0.25) is 0 Å². The van der Waals surface area contributed by atoms with Gasteiger partial charge in [-0.05, 0) is 24.6 Å². The molecule has 1 aromatic heterocycles. The number of aromatic nitrogens is 2. The molecule has 1 heterocycles. The second-order valence-electron chi connectivity index (χ2n) is 2.77. The van der Waals surface area contributed by atoms with E-state index in [4.69, 9.17) is 4.74 Å². The number of H-pyrrole nitrogens is 1. The van der Waals surface area contributed by atoms with E-state index in [1.165, 1.54) is 5.56 Å². The molecule has 0 fully saturated rings. The number of benzene rings is 1. The molecule has 0 aliphatic carbocycles. The zero-order valence-corrected chi connectivity index (χ0v) is 7.09. The molecule has 0 unspecified atom stereocenters. The van der Waals surface area contributed by atoms with Crippen molar-refractivity contribution in [1.29, 1.82) is 0 Å². The first-order valence-corrected chi connectivity index (χ1v) is 3.79. The van der Waals surface area contributed by atoms with Gasteiger partial charge in [-0.15, -0.1) is 0 Å². The third kappa shape index (κ3) is 0.942. The summed E-state index contributed by atoms with van der Waals surface area (Å²) in [4.78, 5) is 7.19. The molecule has 0 saturated heterocycles. The highest BCUT2D eigenvalue weighted by Gasteiger charge is 2.03. The van der Waals surface area contributed by atoms with Crippen molar-refractivity contribution >= 4 is 11.0 Å². The Labute approximate surface area is 70.4 Å². The third-order valence-corrected chi connectivity index (χ3v) is 1.85. The minimum atomic E-state index is 0.825. The molecule has 2 rings (SSSR count). The first kappa shape index (κ1) is 7.16. The van der Waals surface area contributed by atoms with Crippen molar-refractivity contribution in [2.45, 2.75) is 6.92 Å². The Bertz CT molecular complexity index is 406. The molecule has 1 aromatic carbocycles. The van der Waals surface area contributed by atoms with E-state index < -0.39 is 0 Å². The number of nitrogens with one attached hydrogen (secondary N) is 1. The molecule has 12 heavy (non-hydrogen) atoms. The molecule has 0 aliphatic heterocycles. The van der Waals surface area contributed by atoms with Crippen LogP contribution < -0.4 is 4.74 Å². The first-order chi connectivity index (χ1) is 5.81. The smallest absolute Gasteiger partial charge is 0.146 e. The number of fused-ring (bicyclic) bond motifs is 1. The van der Waals surface area contributed by atoms with E-state index in [1.54, 1.807) is 13.4 Å². The number of ether oxygens (including phenoxy) is 1. The van der Waals surface area contributed by atoms with Gasteiger partial charge in [0.1, 0.15) is 11.3 Å². The van der Waals surface area contributed by atoms with E-state index in [2.05, 4.69) is 9.97 Å². The SMILES string of the molecule is COc1cc(C)cc2[nH]cnc12. The Morgan fingerprint density at radius 3 is 3.00 bits per heavy atom. The zero-order valence-electron chi connectivity index (χ0n) is 7.09. The summed E-state index contributed by atoms with van der Waals surface area (Å²) in [6.45, 7) is 2.03. The molecule has 0 aliphatic rings. The summed E-state index contributed by atoms with van der Waals surface area (Å²) in [6, 6.07) is 4.02. The van der Waals surface area contributed by atoms with Gasteiger partial charge >= 0.3 is 0 Å². The summed E-state index contributed by atoms with van der Waals surface area (Å²) in [6.07, 6.45) is 1.67. The molecular formula is C9H10N2O. The predicted molar refractivity (Wildman–Crippen MR) is 47.4 cm³/mol. The number of imidazole rings is 1. The average Bonchev–Trinajstić information content (AvgIpc) is 2.50. The van der Waals surface area contributed by atoms with Crippen molar-refractivity contribution in [2.75, 3.05) is 7.11 Å². The van der Waals surface area contributed by atoms with Crippen molar-refractivity contribution in [3.63, 3.8) is 0 Å². The highest BCUT2D eigenvalue weighted by Crippen LogP contribution is 2.23. The summed E-state index contributed by atoms with van der Waals surface area (Å²) < 4.78 is 5.18. The fourth-order valence-corrected chi connectivity index (χ4v) is 1.31. The number of rotatable bonds is 1. The molecule has 0 atom stereocenters. The van der Waals surface area contributed by atoms with Gasteiger partial charge in [-0.3, -0.25) is 0 Å². The van der Waals surface area contributed by atoms with Crippen molar-refractivity contribution in [3.05, 3.63) is 24.0 Å². The zero-order chi connectivity index (χ0) is 8.55. The maximum atomic E-state index is 5.18. The summed E-state index contributed by atoms with van der Waals surface area (Å²) in [5.41, 5.74) is 3.08. The number of hydrogen-bond donors (Lipinski definition) is 1. The van der Waals surface area contributed by atoms with Crippen LogP contribution >= 0.6 is 0 Å². The Morgan fingerprint density at radius 2 is 2.25 bits per heavy atom. The van der Waals surface area contributed by atoms with Crippen molar-refractivity contribution in [3.8, 4) is 5.75 Å². The van der Waals surface area contributed by atoms with E-state index in [1.807, 2.05) is 19.1 Å². The summed E-state index contributed by atoms with van der Waals surface area (Å²) in [5.74, 6) is 0.825. The van der Waals surface area contributed by atoms with Crippen LogP contribution in [0.25, 0.3) is 11.0 Å². The second-order valence-corrected chi connectivity index (χ2v) is 2.77. The Balaban J connectivity index is 2.80. The van der Waals surface area contributed by atoms with Crippen LogP contribution in [0, 0.1) is 6.92 Å². The fourth-order valence-electron chi connectivity index (χ4n) is 1.31. The van der Waals surface area contributed by atoms with Crippen LogP contribution in [0.5, 0.6) is 5.75 Å². The average molecular weight is 162 g/mol. The molecule has 1 N–H and O–H groups in total. The van der Waals surface area contributed by atoms with Crippen LogP contribution in [0.4, 0.5) is 0 Å². The highest BCUT2D eigenvalue weighted by atomic mass is 16.5. The Kier molecular flexibility index (Phi) is 1.50. The van der Waals surface area contributed by atoms with Crippen molar-refractivity contribution < 1.29 is 4.74 Å². The van der Waals surface area contributed by atoms with Crippen LogP contribution in [0.15, 0.2) is 18.5 Å².